The van der Waals surface area contributed by atoms with E-state index < -0.39 is 0 Å². The summed E-state index contributed by atoms with van der Waals surface area (Å²) in [7, 11) is 1.79. The van der Waals surface area contributed by atoms with Crippen LogP contribution >= 0.6 is 0 Å². The van der Waals surface area contributed by atoms with Gasteiger partial charge in [-0.25, -0.2) is 0 Å². The lowest BCUT2D eigenvalue weighted by molar-refractivity contribution is -0.120. The van der Waals surface area contributed by atoms with E-state index in [9.17, 15) is 4.79 Å². The Kier molecular flexibility index (Phi) is 3.78. The molecule has 0 aliphatic carbocycles. The van der Waals surface area contributed by atoms with Crippen LogP contribution in [-0.4, -0.2) is 67.6 Å². The minimum Gasteiger partial charge on any atom is -0.368 e. The molecule has 2 aliphatic rings. The van der Waals surface area contributed by atoms with Crippen LogP contribution in [0.3, 0.4) is 0 Å². The van der Waals surface area contributed by atoms with E-state index in [0.717, 1.165) is 26.2 Å². The highest BCUT2D eigenvalue weighted by atomic mass is 16.1. The highest BCUT2D eigenvalue weighted by Gasteiger charge is 2.31. The minimum absolute atomic E-state index is 0.215. The molecule has 0 aromatic heterocycles. The van der Waals surface area contributed by atoms with Gasteiger partial charge in [0.2, 0.25) is 5.91 Å². The lowest BCUT2D eigenvalue weighted by Gasteiger charge is -2.38. The first-order chi connectivity index (χ1) is 7.70. The Hall–Kier alpha value is -0.650. The van der Waals surface area contributed by atoms with Gasteiger partial charge in [-0.3, -0.25) is 14.6 Å². The summed E-state index contributed by atoms with van der Waals surface area (Å²) in [5.74, 6) is -0.253. The SMILES string of the molecule is CNC(CN1CCN2CCCC2C1)C(N)=O. The molecule has 0 aromatic rings. The Bertz CT molecular complexity index is 258. The molecule has 0 saturated carbocycles. The Morgan fingerprint density at radius 2 is 2.31 bits per heavy atom. The third-order valence-electron chi connectivity index (χ3n) is 3.80. The number of hydrogen-bond donors (Lipinski definition) is 2. The number of amides is 1. The fourth-order valence-electron chi connectivity index (χ4n) is 2.80. The average molecular weight is 226 g/mol. The zero-order valence-corrected chi connectivity index (χ0v) is 9.98. The largest absolute Gasteiger partial charge is 0.368 e. The van der Waals surface area contributed by atoms with E-state index >= 15 is 0 Å². The van der Waals surface area contributed by atoms with Crippen LogP contribution in [0.1, 0.15) is 12.8 Å². The molecule has 2 rings (SSSR count). The first-order valence-electron chi connectivity index (χ1n) is 6.13. The van der Waals surface area contributed by atoms with Crippen LogP contribution in [0.25, 0.3) is 0 Å². The normalized spacial score (nSPS) is 28.9. The number of nitrogens with zero attached hydrogens (tertiary/aromatic N) is 2. The molecule has 92 valence electrons. The van der Waals surface area contributed by atoms with E-state index in [1.165, 1.54) is 19.4 Å². The smallest absolute Gasteiger partial charge is 0.235 e. The Morgan fingerprint density at radius 3 is 3.00 bits per heavy atom. The van der Waals surface area contributed by atoms with Crippen LogP contribution in [0, 0.1) is 0 Å². The summed E-state index contributed by atoms with van der Waals surface area (Å²) >= 11 is 0. The average Bonchev–Trinajstić information content (AvgIpc) is 2.72. The monoisotopic (exact) mass is 226 g/mol. The van der Waals surface area contributed by atoms with Crippen LogP contribution in [0.2, 0.25) is 0 Å². The standard InChI is InChI=1S/C11H22N4O/c1-13-10(11(12)16)8-14-5-6-15-4-2-3-9(15)7-14/h9-10,13H,2-8H2,1H3,(H2,12,16). The van der Waals surface area contributed by atoms with Crippen LogP contribution in [0.15, 0.2) is 0 Å². The third kappa shape index (κ3) is 2.53. The van der Waals surface area contributed by atoms with Gasteiger partial charge in [0, 0.05) is 32.2 Å². The number of likely N-dealkylation sites (N-methyl/N-ethyl adjacent to an activating group) is 1. The second-order valence-electron chi connectivity index (χ2n) is 4.84. The van der Waals surface area contributed by atoms with E-state index in [1.807, 2.05) is 0 Å². The summed E-state index contributed by atoms with van der Waals surface area (Å²) in [5.41, 5.74) is 5.33. The van der Waals surface area contributed by atoms with Crippen molar-refractivity contribution in [3.8, 4) is 0 Å². The van der Waals surface area contributed by atoms with Gasteiger partial charge in [-0.15, -0.1) is 0 Å². The van der Waals surface area contributed by atoms with Gasteiger partial charge in [0.1, 0.15) is 0 Å². The maximum absolute atomic E-state index is 11.2. The summed E-state index contributed by atoms with van der Waals surface area (Å²) in [6.07, 6.45) is 2.63. The van der Waals surface area contributed by atoms with Crippen LogP contribution < -0.4 is 11.1 Å². The molecule has 5 heteroatoms. The van der Waals surface area contributed by atoms with Gasteiger partial charge in [-0.1, -0.05) is 0 Å². The summed E-state index contributed by atoms with van der Waals surface area (Å²) in [6.45, 7) is 5.28. The molecule has 0 aromatic carbocycles. The molecule has 1 amide bonds. The van der Waals surface area contributed by atoms with E-state index in [1.54, 1.807) is 7.05 Å². The van der Waals surface area contributed by atoms with Gasteiger partial charge in [-0.05, 0) is 26.4 Å². The van der Waals surface area contributed by atoms with Crippen molar-refractivity contribution in [3.05, 3.63) is 0 Å². The third-order valence-corrected chi connectivity index (χ3v) is 3.80. The number of carbonyl (C=O) groups is 1. The number of hydrogen-bond acceptors (Lipinski definition) is 4. The molecular formula is C11H22N4O. The molecule has 2 aliphatic heterocycles. The van der Waals surface area contributed by atoms with Gasteiger partial charge in [0.05, 0.1) is 6.04 Å². The van der Waals surface area contributed by atoms with Crippen molar-refractivity contribution in [3.63, 3.8) is 0 Å². The first-order valence-corrected chi connectivity index (χ1v) is 6.13. The maximum atomic E-state index is 11.2. The molecule has 16 heavy (non-hydrogen) atoms. The quantitative estimate of drug-likeness (QED) is 0.635. The number of nitrogens with one attached hydrogen (secondary N) is 1. The predicted molar refractivity (Wildman–Crippen MR) is 63.1 cm³/mol. The van der Waals surface area contributed by atoms with Crippen molar-refractivity contribution >= 4 is 5.91 Å². The lowest BCUT2D eigenvalue weighted by Crippen LogP contribution is -2.55. The van der Waals surface area contributed by atoms with Gasteiger partial charge in [0.15, 0.2) is 0 Å². The summed E-state index contributed by atoms with van der Waals surface area (Å²) < 4.78 is 0. The van der Waals surface area contributed by atoms with Gasteiger partial charge >= 0.3 is 0 Å². The number of primary amides is 1. The highest BCUT2D eigenvalue weighted by molar-refractivity contribution is 5.80. The molecule has 2 fully saturated rings. The lowest BCUT2D eigenvalue weighted by atomic mass is 10.1. The van der Waals surface area contributed by atoms with Crippen molar-refractivity contribution in [1.29, 1.82) is 0 Å². The van der Waals surface area contributed by atoms with Crippen molar-refractivity contribution in [2.75, 3.05) is 39.8 Å². The molecule has 2 heterocycles. The van der Waals surface area contributed by atoms with Crippen LogP contribution in [0.4, 0.5) is 0 Å². The molecule has 0 bridgehead atoms. The zero-order valence-electron chi connectivity index (χ0n) is 9.98. The first kappa shape index (κ1) is 11.8. The topological polar surface area (TPSA) is 61.6 Å². The number of piperazine rings is 1. The molecular weight excluding hydrogens is 204 g/mol. The number of rotatable bonds is 4. The predicted octanol–water partition coefficient (Wildman–Crippen LogP) is -1.16. The summed E-state index contributed by atoms with van der Waals surface area (Å²) in [6, 6.07) is 0.493. The van der Waals surface area contributed by atoms with Crippen molar-refractivity contribution in [2.45, 2.75) is 24.9 Å². The molecule has 2 unspecified atom stereocenters. The van der Waals surface area contributed by atoms with Gasteiger partial charge < -0.3 is 11.1 Å². The number of nitrogens with two attached hydrogens (primary N) is 1. The van der Waals surface area contributed by atoms with Crippen molar-refractivity contribution < 1.29 is 4.79 Å². The fourth-order valence-corrected chi connectivity index (χ4v) is 2.80. The fraction of sp³-hybridized carbons (Fsp3) is 0.909. The highest BCUT2D eigenvalue weighted by Crippen LogP contribution is 2.21. The van der Waals surface area contributed by atoms with Crippen LogP contribution in [-0.2, 0) is 4.79 Å². The summed E-state index contributed by atoms with van der Waals surface area (Å²) in [4.78, 5) is 16.1. The summed E-state index contributed by atoms with van der Waals surface area (Å²) in [5, 5.41) is 2.98. The number of fused-ring (bicyclic) bond motifs is 1. The van der Waals surface area contributed by atoms with Crippen molar-refractivity contribution in [1.82, 2.24) is 15.1 Å². The van der Waals surface area contributed by atoms with Crippen LogP contribution in [0.5, 0.6) is 0 Å². The Labute approximate surface area is 96.9 Å². The zero-order chi connectivity index (χ0) is 11.5. The molecule has 5 nitrogen and oxygen atoms in total. The molecule has 2 saturated heterocycles. The molecule has 0 radical (unpaired) electrons. The van der Waals surface area contributed by atoms with Crippen molar-refractivity contribution in [2.24, 2.45) is 5.73 Å². The molecule has 2 atom stereocenters. The van der Waals surface area contributed by atoms with Gasteiger partial charge in [-0.2, -0.15) is 0 Å². The molecule has 3 N–H and O–H groups in total. The number of carbonyl (C=O) groups excluding carboxylic acids is 1. The van der Waals surface area contributed by atoms with E-state index in [4.69, 9.17) is 5.73 Å². The Morgan fingerprint density at radius 1 is 1.50 bits per heavy atom. The minimum atomic E-state index is -0.253. The van der Waals surface area contributed by atoms with E-state index in [0.29, 0.717) is 6.04 Å². The van der Waals surface area contributed by atoms with E-state index in [-0.39, 0.29) is 11.9 Å². The maximum Gasteiger partial charge on any atom is 0.235 e. The second kappa shape index (κ2) is 5.12. The van der Waals surface area contributed by atoms with Gasteiger partial charge in [0.25, 0.3) is 0 Å². The van der Waals surface area contributed by atoms with E-state index in [2.05, 4.69) is 15.1 Å². The Balaban J connectivity index is 1.84. The molecule has 0 spiro atoms. The second-order valence-corrected chi connectivity index (χ2v) is 4.84.